The first-order valence-corrected chi connectivity index (χ1v) is 10.6. The average molecular weight is 487 g/mol. The summed E-state index contributed by atoms with van der Waals surface area (Å²) >= 11 is 0. The fourth-order valence-electron chi connectivity index (χ4n) is 3.68. The summed E-state index contributed by atoms with van der Waals surface area (Å²) in [7, 11) is 1.48. The number of aliphatic carboxylic acids is 1. The Bertz CT molecular complexity index is 1190. The number of ketones is 2. The average Bonchev–Trinajstić information content (AvgIpc) is 2.80. The van der Waals surface area contributed by atoms with Crippen LogP contribution in [0.3, 0.4) is 0 Å². The topological polar surface area (TPSA) is 133 Å². The van der Waals surface area contributed by atoms with Crippen molar-refractivity contribution in [2.24, 2.45) is 0 Å². The summed E-state index contributed by atoms with van der Waals surface area (Å²) in [5.41, 5.74) is 3.00. The van der Waals surface area contributed by atoms with Gasteiger partial charge in [0, 0.05) is 24.4 Å². The first-order valence-electron chi connectivity index (χ1n) is 10.6. The van der Waals surface area contributed by atoms with Crippen molar-refractivity contribution in [1.29, 1.82) is 0 Å². The number of urea groups is 1. The molecule has 10 heteroatoms. The van der Waals surface area contributed by atoms with Gasteiger partial charge in [0.15, 0.2) is 17.6 Å². The van der Waals surface area contributed by atoms with Crippen LogP contribution in [0.1, 0.15) is 42.2 Å². The Morgan fingerprint density at radius 3 is 2.31 bits per heavy atom. The summed E-state index contributed by atoms with van der Waals surface area (Å²) in [6.07, 6.45) is 0.980. The second-order valence-corrected chi connectivity index (χ2v) is 8.09. The zero-order valence-corrected chi connectivity index (χ0v) is 19.0. The van der Waals surface area contributed by atoms with Gasteiger partial charge >= 0.3 is 41.6 Å². The van der Waals surface area contributed by atoms with Crippen LogP contribution in [0.25, 0.3) is 11.1 Å². The second-order valence-electron chi connectivity index (χ2n) is 8.09. The summed E-state index contributed by atoms with van der Waals surface area (Å²) in [5.74, 6) is -2.30. The molecule has 1 heterocycles. The molecular formula is C25H26N3NaO6. The fourth-order valence-corrected chi connectivity index (χ4v) is 3.68. The Balaban J connectivity index is 0.00000432. The van der Waals surface area contributed by atoms with Crippen LogP contribution in [0.2, 0.25) is 0 Å². The number of nitrogens with one attached hydrogen (secondary N) is 2. The predicted octanol–water partition coefficient (Wildman–Crippen LogP) is 2.04. The molecule has 0 saturated carbocycles. The van der Waals surface area contributed by atoms with Crippen LogP contribution in [-0.2, 0) is 14.4 Å². The van der Waals surface area contributed by atoms with Crippen LogP contribution in [0.4, 0.5) is 4.79 Å². The normalized spacial score (nSPS) is 16.0. The summed E-state index contributed by atoms with van der Waals surface area (Å²) in [5, 5.41) is 14.3. The number of carbonyl (C=O) groups excluding carboxylic acids is 4. The summed E-state index contributed by atoms with van der Waals surface area (Å²) < 4.78 is 0. The molecular weight excluding hydrogens is 461 g/mol. The van der Waals surface area contributed by atoms with E-state index in [1.807, 2.05) is 6.07 Å². The number of likely N-dealkylation sites (N-methyl/N-ethyl adjacent to an activating group) is 1. The Kier molecular flexibility index (Phi) is 9.53. The van der Waals surface area contributed by atoms with Gasteiger partial charge in [-0.25, -0.2) is 4.79 Å². The maximum absolute atomic E-state index is 12.6. The number of benzene rings is 2. The Labute approximate surface area is 224 Å². The van der Waals surface area contributed by atoms with Gasteiger partial charge < -0.3 is 20.6 Å². The van der Waals surface area contributed by atoms with E-state index in [-0.39, 0.29) is 35.3 Å². The number of rotatable bonds is 7. The van der Waals surface area contributed by atoms with Gasteiger partial charge in [0.25, 0.3) is 5.91 Å². The molecule has 3 amide bonds. The van der Waals surface area contributed by atoms with Gasteiger partial charge in [0.2, 0.25) is 0 Å². The summed E-state index contributed by atoms with van der Waals surface area (Å²) in [6.45, 7) is 3.02. The molecule has 2 aromatic rings. The molecule has 0 aromatic heterocycles. The van der Waals surface area contributed by atoms with Gasteiger partial charge in [-0.05, 0) is 36.6 Å². The molecule has 1 aliphatic heterocycles. The van der Waals surface area contributed by atoms with Crippen LogP contribution in [-0.4, -0.2) is 82.1 Å². The molecule has 178 valence electrons. The molecule has 0 spiro atoms. The Morgan fingerprint density at radius 1 is 1.06 bits per heavy atom. The fraction of sp³-hybridized carbons (Fsp3) is 0.240. The SMILES string of the molecule is CC(=O)c1ccc(-c2cccc(C(CC(=O)O)NC(=O)NC3C(=O)C(C)=CN(C)C3=O)c2)cc1.[NaH]. The molecule has 0 aliphatic carbocycles. The van der Waals surface area contributed by atoms with Crippen molar-refractivity contribution < 1.29 is 29.1 Å². The third-order valence-corrected chi connectivity index (χ3v) is 5.51. The Hall–Kier alpha value is -3.27. The molecule has 9 nitrogen and oxygen atoms in total. The van der Waals surface area contributed by atoms with Crippen molar-refractivity contribution in [3.8, 4) is 11.1 Å². The van der Waals surface area contributed by atoms with E-state index < -0.39 is 42.2 Å². The van der Waals surface area contributed by atoms with E-state index in [1.54, 1.807) is 49.4 Å². The number of hydrogen-bond donors (Lipinski definition) is 3. The Morgan fingerprint density at radius 2 is 1.71 bits per heavy atom. The molecule has 0 bridgehead atoms. The molecule has 2 unspecified atom stereocenters. The molecule has 35 heavy (non-hydrogen) atoms. The molecule has 0 saturated heterocycles. The van der Waals surface area contributed by atoms with Crippen LogP contribution in [0, 0.1) is 0 Å². The first-order chi connectivity index (χ1) is 16.1. The van der Waals surface area contributed by atoms with E-state index in [0.717, 1.165) is 11.1 Å². The minimum absolute atomic E-state index is 0. The molecule has 3 N–H and O–H groups in total. The second kappa shape index (κ2) is 11.9. The molecule has 0 fully saturated rings. The van der Waals surface area contributed by atoms with Gasteiger partial charge in [-0.2, -0.15) is 0 Å². The summed E-state index contributed by atoms with van der Waals surface area (Å²) in [4.78, 5) is 61.5. The summed E-state index contributed by atoms with van der Waals surface area (Å²) in [6, 6.07) is 10.8. The van der Waals surface area contributed by atoms with Crippen LogP contribution >= 0.6 is 0 Å². The number of carboxylic acid groups (broad SMARTS) is 1. The molecule has 0 radical (unpaired) electrons. The number of Topliss-reactive ketones (excluding diaryl/α,β-unsaturated/α-hetero) is 2. The monoisotopic (exact) mass is 487 g/mol. The number of carbonyl (C=O) groups is 5. The number of carboxylic acids is 1. The van der Waals surface area contributed by atoms with Crippen LogP contribution in [0.15, 0.2) is 60.3 Å². The van der Waals surface area contributed by atoms with Crippen LogP contribution < -0.4 is 10.6 Å². The first kappa shape index (κ1) is 28.0. The van der Waals surface area contributed by atoms with Gasteiger partial charge in [-0.15, -0.1) is 0 Å². The van der Waals surface area contributed by atoms with Crippen molar-refractivity contribution in [1.82, 2.24) is 15.5 Å². The number of nitrogens with zero attached hydrogens (tertiary/aromatic N) is 1. The maximum atomic E-state index is 12.6. The van der Waals surface area contributed by atoms with E-state index in [0.29, 0.717) is 16.7 Å². The van der Waals surface area contributed by atoms with Crippen molar-refractivity contribution in [3.63, 3.8) is 0 Å². The van der Waals surface area contributed by atoms with E-state index in [1.165, 1.54) is 25.1 Å². The van der Waals surface area contributed by atoms with Crippen molar-refractivity contribution >= 4 is 59.0 Å². The number of hydrogen-bond acceptors (Lipinski definition) is 5. The third-order valence-electron chi connectivity index (χ3n) is 5.51. The van der Waals surface area contributed by atoms with Crippen molar-refractivity contribution in [3.05, 3.63) is 71.4 Å². The molecule has 2 aromatic carbocycles. The standard InChI is InChI=1S/C25H25N3O6.Na.H/c1-14-13-28(3)24(33)22(23(14)32)27-25(34)26-20(12-21(30)31)19-6-4-5-18(11-19)17-9-7-16(8-10-17)15(2)29;;/h4-11,13,20,22H,12H2,1-3H3,(H,30,31)(H2,26,27,34);;. The van der Waals surface area contributed by atoms with Gasteiger partial charge in [0.05, 0.1) is 12.5 Å². The molecule has 1 aliphatic rings. The molecule has 3 rings (SSSR count). The van der Waals surface area contributed by atoms with E-state index in [2.05, 4.69) is 10.6 Å². The predicted molar refractivity (Wildman–Crippen MR) is 131 cm³/mol. The van der Waals surface area contributed by atoms with Crippen molar-refractivity contribution in [2.75, 3.05) is 7.05 Å². The minimum atomic E-state index is -1.38. The zero-order chi connectivity index (χ0) is 25.0. The van der Waals surface area contributed by atoms with Gasteiger partial charge in [-0.1, -0.05) is 42.5 Å². The molecule has 2 atom stereocenters. The third kappa shape index (κ3) is 6.88. The van der Waals surface area contributed by atoms with E-state index >= 15 is 0 Å². The van der Waals surface area contributed by atoms with Gasteiger partial charge in [-0.3, -0.25) is 19.2 Å². The van der Waals surface area contributed by atoms with E-state index in [9.17, 15) is 29.1 Å². The number of amides is 3. The zero-order valence-electron chi connectivity index (χ0n) is 19.0. The van der Waals surface area contributed by atoms with Crippen molar-refractivity contribution in [2.45, 2.75) is 32.4 Å². The quantitative estimate of drug-likeness (QED) is 0.311. The van der Waals surface area contributed by atoms with E-state index in [4.69, 9.17) is 0 Å². The van der Waals surface area contributed by atoms with Gasteiger partial charge in [0.1, 0.15) is 0 Å². The van der Waals surface area contributed by atoms with Crippen LogP contribution in [0.5, 0.6) is 0 Å².